The molecular formula is C20H18N4OS. The highest BCUT2D eigenvalue weighted by Crippen LogP contribution is 2.24. The van der Waals surface area contributed by atoms with E-state index in [1.54, 1.807) is 16.3 Å². The summed E-state index contributed by atoms with van der Waals surface area (Å²) >= 11 is 1.56. The Morgan fingerprint density at radius 2 is 1.85 bits per heavy atom. The molecule has 0 saturated heterocycles. The number of hydrogen-bond acceptors (Lipinski definition) is 4. The van der Waals surface area contributed by atoms with Crippen LogP contribution in [0.2, 0.25) is 0 Å². The second-order valence-electron chi connectivity index (χ2n) is 6.24. The number of benzene rings is 2. The number of aryl methyl sites for hydroxylation is 2. The fraction of sp³-hybridized carbons (Fsp3) is 0.150. The predicted octanol–water partition coefficient (Wildman–Crippen LogP) is 3.99. The van der Waals surface area contributed by atoms with Crippen LogP contribution in [0.15, 0.2) is 64.5 Å². The second kappa shape index (κ2) is 6.80. The highest BCUT2D eigenvalue weighted by Gasteiger charge is 2.12. The average molecular weight is 362 g/mol. The van der Waals surface area contributed by atoms with Crippen molar-refractivity contribution in [1.29, 1.82) is 0 Å². The van der Waals surface area contributed by atoms with E-state index in [1.807, 2.05) is 49.4 Å². The molecule has 0 spiro atoms. The van der Waals surface area contributed by atoms with Crippen molar-refractivity contribution >= 4 is 17.3 Å². The van der Waals surface area contributed by atoms with E-state index in [0.717, 1.165) is 17.0 Å². The Hall–Kier alpha value is -2.86. The third kappa shape index (κ3) is 3.15. The largest absolute Gasteiger partial charge is 0.290 e. The van der Waals surface area contributed by atoms with E-state index in [0.29, 0.717) is 10.7 Å². The topological polar surface area (TPSA) is 63.0 Å². The number of hydrogen-bond donors (Lipinski definition) is 1. The zero-order chi connectivity index (χ0) is 18.1. The van der Waals surface area contributed by atoms with Gasteiger partial charge in [-0.15, -0.1) is 5.10 Å². The Kier molecular flexibility index (Phi) is 4.34. The molecule has 2 heterocycles. The number of aromatic amines is 1. The molecular weight excluding hydrogens is 344 g/mol. The molecule has 0 amide bonds. The summed E-state index contributed by atoms with van der Waals surface area (Å²) < 4.78 is 1.64. The van der Waals surface area contributed by atoms with Gasteiger partial charge in [-0.1, -0.05) is 65.9 Å². The van der Waals surface area contributed by atoms with Crippen LogP contribution in [0, 0.1) is 13.8 Å². The Balaban J connectivity index is 1.71. The lowest BCUT2D eigenvalue weighted by Crippen LogP contribution is -2.13. The number of thioether (sulfide) groups is 1. The molecule has 5 nitrogen and oxygen atoms in total. The van der Waals surface area contributed by atoms with E-state index in [-0.39, 0.29) is 5.56 Å². The van der Waals surface area contributed by atoms with E-state index >= 15 is 0 Å². The maximum absolute atomic E-state index is 12.2. The third-order valence-electron chi connectivity index (χ3n) is 4.34. The predicted molar refractivity (Wildman–Crippen MR) is 105 cm³/mol. The molecule has 4 rings (SSSR count). The fourth-order valence-electron chi connectivity index (χ4n) is 2.77. The number of rotatable bonds is 4. The van der Waals surface area contributed by atoms with Crippen molar-refractivity contribution in [2.24, 2.45) is 0 Å². The van der Waals surface area contributed by atoms with E-state index in [9.17, 15) is 4.79 Å². The summed E-state index contributed by atoms with van der Waals surface area (Å²) in [6.45, 7) is 4.14. The van der Waals surface area contributed by atoms with E-state index < -0.39 is 0 Å². The van der Waals surface area contributed by atoms with Crippen LogP contribution in [0.3, 0.4) is 0 Å². The van der Waals surface area contributed by atoms with Gasteiger partial charge in [0.1, 0.15) is 5.52 Å². The maximum atomic E-state index is 12.2. The standard InChI is InChI=1S/C20H18N4OS/c1-13-7-9-15(10-8-13)17-11-18-19(25)21-22-20(24(18)23-17)26-12-16-6-4-3-5-14(16)2/h3-11H,12H2,1-2H3,(H,21,25). The zero-order valence-electron chi connectivity index (χ0n) is 14.6. The van der Waals surface area contributed by atoms with Gasteiger partial charge in [-0.25, -0.2) is 9.61 Å². The SMILES string of the molecule is Cc1ccc(-c2cc3c(=O)[nH]nc(SCc4ccccc4C)n3n2)cc1. The van der Waals surface area contributed by atoms with Crippen LogP contribution < -0.4 is 5.56 Å². The minimum absolute atomic E-state index is 0.240. The van der Waals surface area contributed by atoms with Crippen LogP contribution in [-0.4, -0.2) is 19.8 Å². The van der Waals surface area contributed by atoms with Gasteiger partial charge in [0.2, 0.25) is 5.16 Å². The third-order valence-corrected chi connectivity index (χ3v) is 5.32. The summed E-state index contributed by atoms with van der Waals surface area (Å²) in [5, 5.41) is 12.1. The molecule has 130 valence electrons. The van der Waals surface area contributed by atoms with E-state index in [2.05, 4.69) is 34.4 Å². The molecule has 4 aromatic rings. The van der Waals surface area contributed by atoms with Gasteiger partial charge in [0.05, 0.1) is 5.69 Å². The molecule has 0 bridgehead atoms. The molecule has 0 saturated carbocycles. The fourth-order valence-corrected chi connectivity index (χ4v) is 3.75. The van der Waals surface area contributed by atoms with Crippen LogP contribution >= 0.6 is 11.8 Å². The van der Waals surface area contributed by atoms with Gasteiger partial charge < -0.3 is 0 Å². The molecule has 0 aliphatic heterocycles. The van der Waals surface area contributed by atoms with Crippen molar-refractivity contribution in [3.63, 3.8) is 0 Å². The highest BCUT2D eigenvalue weighted by molar-refractivity contribution is 7.98. The van der Waals surface area contributed by atoms with Gasteiger partial charge in [0.25, 0.3) is 5.56 Å². The summed E-state index contributed by atoms with van der Waals surface area (Å²) in [5.74, 6) is 0.764. The normalized spacial score (nSPS) is 11.2. The number of nitrogens with zero attached hydrogens (tertiary/aromatic N) is 3. The van der Waals surface area contributed by atoms with Gasteiger partial charge in [-0.05, 0) is 31.0 Å². The number of aromatic nitrogens is 4. The van der Waals surface area contributed by atoms with Gasteiger partial charge in [0, 0.05) is 11.3 Å². The van der Waals surface area contributed by atoms with Crippen molar-refractivity contribution in [3.8, 4) is 11.3 Å². The summed E-state index contributed by atoms with van der Waals surface area (Å²) in [6, 6.07) is 18.2. The molecule has 0 aliphatic carbocycles. The number of H-pyrrole nitrogens is 1. The first-order valence-electron chi connectivity index (χ1n) is 8.34. The first-order chi connectivity index (χ1) is 12.6. The average Bonchev–Trinajstić information content (AvgIpc) is 3.09. The molecule has 6 heteroatoms. The van der Waals surface area contributed by atoms with Crippen molar-refractivity contribution < 1.29 is 0 Å². The summed E-state index contributed by atoms with van der Waals surface area (Å²) in [4.78, 5) is 12.2. The molecule has 0 unspecified atom stereocenters. The van der Waals surface area contributed by atoms with Gasteiger partial charge in [-0.3, -0.25) is 4.79 Å². The van der Waals surface area contributed by atoms with Crippen LogP contribution in [0.5, 0.6) is 0 Å². The highest BCUT2D eigenvalue weighted by atomic mass is 32.2. The van der Waals surface area contributed by atoms with Crippen molar-refractivity contribution in [2.45, 2.75) is 24.8 Å². The number of nitrogens with one attached hydrogen (secondary N) is 1. The van der Waals surface area contributed by atoms with Crippen LogP contribution in [0.25, 0.3) is 16.8 Å². The molecule has 0 radical (unpaired) electrons. The summed E-state index contributed by atoms with van der Waals surface area (Å²) in [6.07, 6.45) is 0. The molecule has 2 aromatic heterocycles. The van der Waals surface area contributed by atoms with Crippen molar-refractivity contribution in [3.05, 3.63) is 81.6 Å². The smallest absolute Gasteiger partial charge is 0.266 e. The first-order valence-corrected chi connectivity index (χ1v) is 9.33. The van der Waals surface area contributed by atoms with Gasteiger partial charge >= 0.3 is 0 Å². The zero-order valence-corrected chi connectivity index (χ0v) is 15.4. The quantitative estimate of drug-likeness (QED) is 0.558. The van der Waals surface area contributed by atoms with Crippen LogP contribution in [0.1, 0.15) is 16.7 Å². The lowest BCUT2D eigenvalue weighted by Gasteiger charge is -2.05. The van der Waals surface area contributed by atoms with E-state index in [1.165, 1.54) is 16.7 Å². The van der Waals surface area contributed by atoms with Gasteiger partial charge in [0.15, 0.2) is 0 Å². The van der Waals surface area contributed by atoms with E-state index in [4.69, 9.17) is 0 Å². The second-order valence-corrected chi connectivity index (χ2v) is 7.19. The molecule has 2 aromatic carbocycles. The van der Waals surface area contributed by atoms with Crippen molar-refractivity contribution in [1.82, 2.24) is 19.8 Å². The lowest BCUT2D eigenvalue weighted by molar-refractivity contribution is 0.728. The summed E-state index contributed by atoms with van der Waals surface area (Å²) in [5.41, 5.74) is 5.67. The molecule has 26 heavy (non-hydrogen) atoms. The first kappa shape index (κ1) is 16.6. The maximum Gasteiger partial charge on any atom is 0.290 e. The monoisotopic (exact) mass is 362 g/mol. The molecule has 0 aliphatic rings. The lowest BCUT2D eigenvalue weighted by atomic mass is 10.1. The van der Waals surface area contributed by atoms with Gasteiger partial charge in [-0.2, -0.15) is 5.10 Å². The Labute approximate surface area is 155 Å². The Morgan fingerprint density at radius 1 is 1.08 bits per heavy atom. The van der Waals surface area contributed by atoms with Crippen LogP contribution in [-0.2, 0) is 5.75 Å². The van der Waals surface area contributed by atoms with Crippen LogP contribution in [0.4, 0.5) is 0 Å². The molecule has 0 fully saturated rings. The Bertz CT molecular complexity index is 1130. The minimum Gasteiger partial charge on any atom is -0.266 e. The molecule has 1 N–H and O–H groups in total. The minimum atomic E-state index is -0.240. The number of fused-ring (bicyclic) bond motifs is 1. The Morgan fingerprint density at radius 3 is 2.62 bits per heavy atom. The molecule has 0 atom stereocenters. The summed E-state index contributed by atoms with van der Waals surface area (Å²) in [7, 11) is 0. The van der Waals surface area contributed by atoms with Crippen molar-refractivity contribution in [2.75, 3.05) is 0 Å².